The number of aliphatic hydroxyl groups is 1. The first kappa shape index (κ1) is 15.6. The summed E-state index contributed by atoms with van der Waals surface area (Å²) in [5.41, 5.74) is 1.12. The number of hydrogen-bond acceptors (Lipinski definition) is 5. The molecule has 0 radical (unpaired) electrons. The Kier molecular flexibility index (Phi) is 7.07. The second-order valence-electron chi connectivity index (χ2n) is 4.11. The molecule has 0 bridgehead atoms. The van der Waals surface area contributed by atoms with E-state index >= 15 is 0 Å². The Labute approximate surface area is 114 Å². The summed E-state index contributed by atoms with van der Waals surface area (Å²) in [7, 11) is 4.82. The molecule has 2 N–H and O–H groups in total. The van der Waals surface area contributed by atoms with E-state index in [9.17, 15) is 0 Å². The molecular weight excluding hydrogens is 246 g/mol. The number of methoxy groups -OCH3 is 3. The zero-order valence-electron chi connectivity index (χ0n) is 11.9. The van der Waals surface area contributed by atoms with Crippen molar-refractivity contribution in [2.75, 3.05) is 41.0 Å². The predicted molar refractivity (Wildman–Crippen MR) is 74.4 cm³/mol. The lowest BCUT2D eigenvalue weighted by Crippen LogP contribution is -2.19. The van der Waals surface area contributed by atoms with Gasteiger partial charge in [-0.2, -0.15) is 0 Å². The SMILES string of the molecule is COc1cc(CCNCCCO)cc(OC)c1OC. The van der Waals surface area contributed by atoms with Gasteiger partial charge in [0.1, 0.15) is 0 Å². The number of hydrogen-bond donors (Lipinski definition) is 2. The van der Waals surface area contributed by atoms with Crippen LogP contribution in [0.2, 0.25) is 0 Å². The zero-order chi connectivity index (χ0) is 14.1. The van der Waals surface area contributed by atoms with Crippen LogP contribution >= 0.6 is 0 Å². The van der Waals surface area contributed by atoms with Crippen molar-refractivity contribution in [1.29, 1.82) is 0 Å². The molecule has 108 valence electrons. The third-order valence-corrected chi connectivity index (χ3v) is 2.83. The molecule has 0 heterocycles. The van der Waals surface area contributed by atoms with Crippen LogP contribution in [0, 0.1) is 0 Å². The zero-order valence-corrected chi connectivity index (χ0v) is 11.9. The van der Waals surface area contributed by atoms with Crippen molar-refractivity contribution < 1.29 is 19.3 Å². The van der Waals surface area contributed by atoms with E-state index < -0.39 is 0 Å². The van der Waals surface area contributed by atoms with Crippen molar-refractivity contribution in [2.45, 2.75) is 12.8 Å². The summed E-state index contributed by atoms with van der Waals surface area (Å²) in [6.45, 7) is 1.89. The Bertz CT molecular complexity index is 357. The molecule has 0 spiro atoms. The van der Waals surface area contributed by atoms with Crippen LogP contribution in [0.3, 0.4) is 0 Å². The lowest BCUT2D eigenvalue weighted by Gasteiger charge is -2.14. The topological polar surface area (TPSA) is 60.0 Å². The van der Waals surface area contributed by atoms with Gasteiger partial charge in [-0.3, -0.25) is 0 Å². The molecule has 0 aliphatic rings. The molecule has 0 aromatic heterocycles. The molecule has 0 saturated heterocycles. The fourth-order valence-electron chi connectivity index (χ4n) is 1.84. The van der Waals surface area contributed by atoms with Crippen LogP contribution in [0.4, 0.5) is 0 Å². The highest BCUT2D eigenvalue weighted by atomic mass is 16.5. The number of aliphatic hydroxyl groups excluding tert-OH is 1. The van der Waals surface area contributed by atoms with Crippen LogP contribution in [0.5, 0.6) is 17.2 Å². The van der Waals surface area contributed by atoms with Crippen molar-refractivity contribution in [1.82, 2.24) is 5.32 Å². The number of rotatable bonds is 9. The van der Waals surface area contributed by atoms with Gasteiger partial charge in [-0.05, 0) is 43.6 Å². The van der Waals surface area contributed by atoms with Gasteiger partial charge in [0.15, 0.2) is 11.5 Å². The van der Waals surface area contributed by atoms with E-state index in [4.69, 9.17) is 19.3 Å². The number of nitrogens with one attached hydrogen (secondary N) is 1. The summed E-state index contributed by atoms with van der Waals surface area (Å²) in [6.07, 6.45) is 1.64. The van der Waals surface area contributed by atoms with E-state index in [0.29, 0.717) is 17.2 Å². The largest absolute Gasteiger partial charge is 0.493 e. The molecule has 1 rings (SSSR count). The highest BCUT2D eigenvalue weighted by Crippen LogP contribution is 2.38. The summed E-state index contributed by atoms with van der Waals surface area (Å²) >= 11 is 0. The van der Waals surface area contributed by atoms with Gasteiger partial charge in [-0.1, -0.05) is 0 Å². The van der Waals surface area contributed by atoms with E-state index in [2.05, 4.69) is 5.32 Å². The lowest BCUT2D eigenvalue weighted by atomic mass is 10.1. The van der Waals surface area contributed by atoms with Gasteiger partial charge in [0.25, 0.3) is 0 Å². The maximum absolute atomic E-state index is 8.69. The predicted octanol–water partition coefficient (Wildman–Crippen LogP) is 1.23. The normalized spacial score (nSPS) is 10.3. The molecule has 0 atom stereocenters. The quantitative estimate of drug-likeness (QED) is 0.660. The van der Waals surface area contributed by atoms with Crippen LogP contribution in [-0.4, -0.2) is 46.1 Å². The number of benzene rings is 1. The van der Waals surface area contributed by atoms with Crippen LogP contribution in [0.25, 0.3) is 0 Å². The summed E-state index contributed by atoms with van der Waals surface area (Å²) in [5, 5.41) is 12.0. The molecule has 5 nitrogen and oxygen atoms in total. The average molecular weight is 269 g/mol. The highest BCUT2D eigenvalue weighted by Gasteiger charge is 2.12. The van der Waals surface area contributed by atoms with Gasteiger partial charge in [-0.15, -0.1) is 0 Å². The van der Waals surface area contributed by atoms with Gasteiger partial charge in [0.2, 0.25) is 5.75 Å². The molecule has 1 aromatic carbocycles. The van der Waals surface area contributed by atoms with Crippen LogP contribution < -0.4 is 19.5 Å². The van der Waals surface area contributed by atoms with Crippen LogP contribution in [0.1, 0.15) is 12.0 Å². The molecule has 0 unspecified atom stereocenters. The standard InChI is InChI=1S/C14H23NO4/c1-17-12-9-11(5-7-15-6-4-8-16)10-13(18-2)14(12)19-3/h9-10,15-16H,4-8H2,1-3H3. The third kappa shape index (κ3) is 4.61. The Balaban J connectivity index is 2.68. The molecule has 0 aliphatic heterocycles. The van der Waals surface area contributed by atoms with Crippen molar-refractivity contribution in [3.63, 3.8) is 0 Å². The third-order valence-electron chi connectivity index (χ3n) is 2.83. The Hall–Kier alpha value is -1.46. The highest BCUT2D eigenvalue weighted by molar-refractivity contribution is 5.53. The molecule has 0 aliphatic carbocycles. The monoisotopic (exact) mass is 269 g/mol. The summed E-state index contributed by atoms with van der Waals surface area (Å²) in [6, 6.07) is 3.91. The minimum Gasteiger partial charge on any atom is -0.493 e. The van der Waals surface area contributed by atoms with Crippen molar-refractivity contribution in [2.24, 2.45) is 0 Å². The van der Waals surface area contributed by atoms with Crippen molar-refractivity contribution in [3.8, 4) is 17.2 Å². The fraction of sp³-hybridized carbons (Fsp3) is 0.571. The second-order valence-corrected chi connectivity index (χ2v) is 4.11. The van der Waals surface area contributed by atoms with Gasteiger partial charge in [0, 0.05) is 6.61 Å². The summed E-state index contributed by atoms with van der Waals surface area (Å²) < 4.78 is 15.9. The molecule has 5 heteroatoms. The van der Waals surface area contributed by atoms with Crippen molar-refractivity contribution in [3.05, 3.63) is 17.7 Å². The maximum atomic E-state index is 8.69. The average Bonchev–Trinajstić information content (AvgIpc) is 2.45. The van der Waals surface area contributed by atoms with Crippen LogP contribution in [-0.2, 0) is 6.42 Å². The molecular formula is C14H23NO4. The second kappa shape index (κ2) is 8.61. The molecule has 0 amide bonds. The number of ether oxygens (including phenoxy) is 3. The van der Waals surface area contributed by atoms with Gasteiger partial charge in [0.05, 0.1) is 21.3 Å². The van der Waals surface area contributed by atoms with E-state index in [0.717, 1.165) is 31.5 Å². The first-order valence-corrected chi connectivity index (χ1v) is 6.37. The van der Waals surface area contributed by atoms with Crippen LogP contribution in [0.15, 0.2) is 12.1 Å². The first-order chi connectivity index (χ1) is 9.26. The fourth-order valence-corrected chi connectivity index (χ4v) is 1.84. The van der Waals surface area contributed by atoms with Gasteiger partial charge in [-0.25, -0.2) is 0 Å². The Morgan fingerprint density at radius 3 is 2.11 bits per heavy atom. The smallest absolute Gasteiger partial charge is 0.203 e. The first-order valence-electron chi connectivity index (χ1n) is 6.37. The van der Waals surface area contributed by atoms with E-state index in [1.807, 2.05) is 12.1 Å². The minimum atomic E-state index is 0.219. The van der Waals surface area contributed by atoms with Gasteiger partial charge >= 0.3 is 0 Å². The van der Waals surface area contributed by atoms with E-state index in [1.165, 1.54) is 0 Å². The van der Waals surface area contributed by atoms with Crippen molar-refractivity contribution >= 4 is 0 Å². The lowest BCUT2D eigenvalue weighted by molar-refractivity contribution is 0.286. The van der Waals surface area contributed by atoms with Gasteiger partial charge < -0.3 is 24.6 Å². The Morgan fingerprint density at radius 2 is 1.63 bits per heavy atom. The summed E-state index contributed by atoms with van der Waals surface area (Å²) in [5.74, 6) is 1.96. The molecule has 0 saturated carbocycles. The molecule has 19 heavy (non-hydrogen) atoms. The minimum absolute atomic E-state index is 0.219. The molecule has 0 fully saturated rings. The molecule has 1 aromatic rings. The van der Waals surface area contributed by atoms with E-state index in [1.54, 1.807) is 21.3 Å². The summed E-state index contributed by atoms with van der Waals surface area (Å²) in [4.78, 5) is 0. The Morgan fingerprint density at radius 1 is 1.00 bits per heavy atom. The maximum Gasteiger partial charge on any atom is 0.203 e. The van der Waals surface area contributed by atoms with E-state index in [-0.39, 0.29) is 6.61 Å².